The molecule has 1 aliphatic heterocycles. The zero-order valence-corrected chi connectivity index (χ0v) is 22.2. The van der Waals surface area contributed by atoms with E-state index >= 15 is 0 Å². The minimum Gasteiger partial charge on any atom is -0.493 e. The normalized spacial score (nSPS) is 14.7. The van der Waals surface area contributed by atoms with Gasteiger partial charge in [0.2, 0.25) is 0 Å². The summed E-state index contributed by atoms with van der Waals surface area (Å²) in [4.78, 5) is 16.3. The fourth-order valence-electron chi connectivity index (χ4n) is 3.29. The van der Waals surface area contributed by atoms with Crippen LogP contribution in [0.1, 0.15) is 11.1 Å². The molecule has 9 heteroatoms. The monoisotopic (exact) mass is 575 g/mol. The number of halogens is 2. The van der Waals surface area contributed by atoms with E-state index in [4.69, 9.17) is 21.7 Å². The van der Waals surface area contributed by atoms with Crippen molar-refractivity contribution >= 4 is 73.7 Å². The molecule has 0 unspecified atom stereocenters. The molecule has 34 heavy (non-hydrogen) atoms. The first kappa shape index (κ1) is 24.8. The van der Waals surface area contributed by atoms with Gasteiger partial charge in [-0.2, -0.15) is 0 Å². The fourth-order valence-corrected chi connectivity index (χ4v) is 5.62. The number of carbonyl (C=O) groups is 1. The minimum atomic E-state index is -0.297. The highest BCUT2D eigenvalue weighted by molar-refractivity contribution is 9.10. The van der Waals surface area contributed by atoms with E-state index in [1.165, 1.54) is 23.9 Å². The second kappa shape index (κ2) is 10.9. The van der Waals surface area contributed by atoms with Crippen LogP contribution in [0, 0.1) is 5.82 Å². The molecule has 0 atom stereocenters. The maximum absolute atomic E-state index is 13.2. The molecule has 4 nitrogen and oxygen atoms in total. The zero-order valence-electron chi connectivity index (χ0n) is 18.2. The van der Waals surface area contributed by atoms with Gasteiger partial charge in [0, 0.05) is 4.90 Å². The average Bonchev–Trinajstić information content (AvgIpc) is 3.11. The molecule has 3 aromatic carbocycles. The third-order valence-electron chi connectivity index (χ3n) is 4.95. The zero-order chi connectivity index (χ0) is 24.2. The molecule has 0 aromatic heterocycles. The van der Waals surface area contributed by atoms with Gasteiger partial charge < -0.3 is 9.47 Å². The van der Waals surface area contributed by atoms with Gasteiger partial charge in [0.1, 0.15) is 12.4 Å². The highest BCUT2D eigenvalue weighted by Crippen LogP contribution is 2.40. The third-order valence-corrected chi connectivity index (χ3v) is 7.57. The molecule has 0 spiro atoms. The van der Waals surface area contributed by atoms with E-state index in [1.54, 1.807) is 48.0 Å². The van der Waals surface area contributed by atoms with Gasteiger partial charge in [-0.3, -0.25) is 9.69 Å². The van der Waals surface area contributed by atoms with Crippen LogP contribution in [0.2, 0.25) is 0 Å². The predicted octanol–water partition coefficient (Wildman–Crippen LogP) is 7.30. The van der Waals surface area contributed by atoms with Crippen LogP contribution in [0.4, 0.5) is 10.1 Å². The Bertz CT molecular complexity index is 1280. The lowest BCUT2D eigenvalue weighted by Crippen LogP contribution is -2.27. The summed E-state index contributed by atoms with van der Waals surface area (Å²) in [6.07, 6.45) is 3.77. The number of thioether (sulfide) groups is 2. The van der Waals surface area contributed by atoms with Crippen LogP contribution in [0.5, 0.6) is 11.5 Å². The molecule has 0 radical (unpaired) electrons. The second-order valence-electron chi connectivity index (χ2n) is 7.17. The summed E-state index contributed by atoms with van der Waals surface area (Å²) in [6, 6.07) is 17.5. The number of amides is 1. The Morgan fingerprint density at radius 2 is 1.94 bits per heavy atom. The van der Waals surface area contributed by atoms with Crippen LogP contribution in [-0.2, 0) is 11.4 Å². The van der Waals surface area contributed by atoms with Crippen molar-refractivity contribution in [2.75, 3.05) is 18.3 Å². The number of anilines is 1. The van der Waals surface area contributed by atoms with Gasteiger partial charge in [-0.15, -0.1) is 11.8 Å². The van der Waals surface area contributed by atoms with Crippen molar-refractivity contribution in [3.8, 4) is 11.5 Å². The lowest BCUT2D eigenvalue weighted by Gasteiger charge is -2.15. The molecule has 1 amide bonds. The first-order valence-corrected chi connectivity index (χ1v) is 13.3. The molecule has 1 fully saturated rings. The van der Waals surface area contributed by atoms with Gasteiger partial charge >= 0.3 is 0 Å². The van der Waals surface area contributed by atoms with Crippen molar-refractivity contribution < 1.29 is 18.7 Å². The quantitative estimate of drug-likeness (QED) is 0.167. The highest BCUT2D eigenvalue weighted by Gasteiger charge is 2.33. The average molecular weight is 577 g/mol. The summed E-state index contributed by atoms with van der Waals surface area (Å²) in [6.45, 7) is 0.252. The lowest BCUT2D eigenvalue weighted by molar-refractivity contribution is -0.113. The number of carbonyl (C=O) groups excluding carboxylic acids is 1. The Morgan fingerprint density at radius 3 is 2.65 bits per heavy atom. The largest absolute Gasteiger partial charge is 0.493 e. The van der Waals surface area contributed by atoms with Gasteiger partial charge in [-0.05, 0) is 81.9 Å². The fraction of sp³-hybridized carbons (Fsp3) is 0.120. The van der Waals surface area contributed by atoms with Crippen molar-refractivity contribution in [1.29, 1.82) is 0 Å². The molecule has 3 aromatic rings. The van der Waals surface area contributed by atoms with Crippen molar-refractivity contribution in [2.45, 2.75) is 11.5 Å². The van der Waals surface area contributed by atoms with E-state index in [0.717, 1.165) is 21.7 Å². The maximum atomic E-state index is 13.2. The predicted molar refractivity (Wildman–Crippen MR) is 145 cm³/mol. The lowest BCUT2D eigenvalue weighted by atomic mass is 10.1. The number of ether oxygens (including phenoxy) is 2. The van der Waals surface area contributed by atoms with Gasteiger partial charge in [0.15, 0.2) is 15.8 Å². The summed E-state index contributed by atoms with van der Waals surface area (Å²) < 4.78 is 25.7. The molecule has 0 bridgehead atoms. The Kier molecular flexibility index (Phi) is 7.98. The number of hydrogen-bond acceptors (Lipinski definition) is 6. The van der Waals surface area contributed by atoms with Crippen LogP contribution in [0.25, 0.3) is 6.08 Å². The molecule has 0 aliphatic carbocycles. The van der Waals surface area contributed by atoms with Crippen LogP contribution < -0.4 is 14.4 Å². The van der Waals surface area contributed by atoms with Crippen molar-refractivity contribution in [1.82, 2.24) is 0 Å². The van der Waals surface area contributed by atoms with Gasteiger partial charge in [0.25, 0.3) is 5.91 Å². The second-order valence-corrected chi connectivity index (χ2v) is 10.6. The van der Waals surface area contributed by atoms with E-state index in [9.17, 15) is 9.18 Å². The number of hydrogen-bond donors (Lipinski definition) is 0. The number of methoxy groups -OCH3 is 1. The molecule has 0 saturated carbocycles. The molecule has 174 valence electrons. The molecule has 1 aliphatic rings. The number of thiocarbonyl (C=S) groups is 1. The number of rotatable bonds is 7. The molecular formula is C25H19BrFNO3S3. The van der Waals surface area contributed by atoms with Crippen LogP contribution in [0.15, 0.2) is 74.9 Å². The maximum Gasteiger partial charge on any atom is 0.270 e. The summed E-state index contributed by atoms with van der Waals surface area (Å²) in [7, 11) is 1.55. The Balaban J connectivity index is 1.57. The first-order valence-electron chi connectivity index (χ1n) is 10.1. The summed E-state index contributed by atoms with van der Waals surface area (Å²) in [5.41, 5.74) is 2.34. The molecule has 0 N–H and O–H groups in total. The van der Waals surface area contributed by atoms with Crippen molar-refractivity contribution in [3.63, 3.8) is 0 Å². The Morgan fingerprint density at radius 1 is 1.18 bits per heavy atom. The van der Waals surface area contributed by atoms with Crippen molar-refractivity contribution in [3.05, 3.63) is 87.0 Å². The first-order chi connectivity index (χ1) is 16.4. The SMILES string of the molecule is COc1cc(/C=C2/SC(=S)N(c3cccc(SC)c3)C2=O)cc(Br)c1OCc1ccc(F)cc1. The van der Waals surface area contributed by atoms with Crippen LogP contribution >= 0.6 is 51.7 Å². The van der Waals surface area contributed by atoms with Gasteiger partial charge in [-0.1, -0.05) is 42.2 Å². The summed E-state index contributed by atoms with van der Waals surface area (Å²) >= 11 is 11.9. The van der Waals surface area contributed by atoms with Gasteiger partial charge in [-0.25, -0.2) is 4.39 Å². The molecule has 1 heterocycles. The van der Waals surface area contributed by atoms with Crippen LogP contribution in [0.3, 0.4) is 0 Å². The minimum absolute atomic E-state index is 0.167. The number of benzene rings is 3. The standard InChI is InChI=1S/C25H19BrFNO3S3/c1-30-21-11-16(10-20(26)23(21)31-14-15-6-8-17(27)9-7-15)12-22-24(29)28(25(32)34-22)18-4-3-5-19(13-18)33-2/h3-13H,14H2,1-2H3/b22-12+. The highest BCUT2D eigenvalue weighted by atomic mass is 79.9. The molecule has 1 saturated heterocycles. The summed E-state index contributed by atoms with van der Waals surface area (Å²) in [5, 5.41) is 0. The van der Waals surface area contributed by atoms with E-state index in [1.807, 2.05) is 36.6 Å². The van der Waals surface area contributed by atoms with E-state index in [0.29, 0.717) is 25.2 Å². The number of nitrogens with zero attached hydrogens (tertiary/aromatic N) is 1. The van der Waals surface area contributed by atoms with E-state index in [2.05, 4.69) is 15.9 Å². The van der Waals surface area contributed by atoms with Crippen molar-refractivity contribution in [2.24, 2.45) is 0 Å². The smallest absolute Gasteiger partial charge is 0.270 e. The van der Waals surface area contributed by atoms with Gasteiger partial charge in [0.05, 0.1) is 22.2 Å². The third kappa shape index (κ3) is 5.49. The molecular weight excluding hydrogens is 557 g/mol. The Labute approximate surface area is 219 Å². The topological polar surface area (TPSA) is 38.8 Å². The molecule has 4 rings (SSSR count). The van der Waals surface area contributed by atoms with E-state index in [-0.39, 0.29) is 18.3 Å². The van der Waals surface area contributed by atoms with Crippen LogP contribution in [-0.4, -0.2) is 23.6 Å². The Hall–Kier alpha value is -2.33. The summed E-state index contributed by atoms with van der Waals surface area (Å²) in [5.74, 6) is 0.561. The van der Waals surface area contributed by atoms with E-state index < -0.39 is 0 Å².